The van der Waals surface area contributed by atoms with Crippen LogP contribution in [0.5, 0.6) is 11.5 Å². The smallest absolute Gasteiger partial charge is 0.258 e. The molecule has 10 heteroatoms. The van der Waals surface area contributed by atoms with E-state index >= 15 is 0 Å². The van der Waals surface area contributed by atoms with Crippen LogP contribution >= 0.6 is 15.9 Å². The number of benzene rings is 1. The van der Waals surface area contributed by atoms with E-state index in [4.69, 9.17) is 9.47 Å². The fourth-order valence-corrected chi connectivity index (χ4v) is 3.07. The van der Waals surface area contributed by atoms with E-state index in [2.05, 4.69) is 49.0 Å². The Morgan fingerprint density at radius 3 is 2.72 bits per heavy atom. The molecular weight excluding hydrogens is 440 g/mol. The number of nitrogens with zero attached hydrogens (tertiary/aromatic N) is 4. The van der Waals surface area contributed by atoms with Gasteiger partial charge in [-0.05, 0) is 49.8 Å². The average molecular weight is 469 g/mol. The maximum atomic E-state index is 12.2. The monoisotopic (exact) mass is 468 g/mol. The fourth-order valence-electron chi connectivity index (χ4n) is 2.62. The first-order chi connectivity index (χ1) is 13.7. The Hall–Kier alpha value is -2.36. The molecule has 2 N–H and O–H groups in total. The van der Waals surface area contributed by atoms with Gasteiger partial charge in [-0.2, -0.15) is 0 Å². The first-order valence-corrected chi connectivity index (χ1v) is 10.3. The van der Waals surface area contributed by atoms with Crippen molar-refractivity contribution in [1.82, 2.24) is 25.5 Å². The number of tetrazole rings is 1. The van der Waals surface area contributed by atoms with E-state index in [9.17, 15) is 4.79 Å². The van der Waals surface area contributed by atoms with Gasteiger partial charge in [-0.1, -0.05) is 34.4 Å². The fraction of sp³-hybridized carbons (Fsp3) is 0.579. The standard InChI is InChI=1S/C19H29BrN6O3/c1-6-7-10-26-18(23-24-25-26)21-11-13-14(20)8-9-15(28-5)17(13)29-12-16(27)22-19(2,3)4/h8-9H,6-7,10-12H2,1-5H3,(H,22,27)(H,21,23,25). The highest BCUT2D eigenvalue weighted by Gasteiger charge is 2.19. The van der Waals surface area contributed by atoms with E-state index in [0.717, 1.165) is 29.4 Å². The minimum absolute atomic E-state index is 0.120. The third kappa shape index (κ3) is 6.88. The highest BCUT2D eigenvalue weighted by molar-refractivity contribution is 9.10. The molecule has 1 heterocycles. The number of unbranched alkanes of at least 4 members (excludes halogenated alkanes) is 1. The first kappa shape index (κ1) is 22.9. The van der Waals surface area contributed by atoms with E-state index in [1.807, 2.05) is 26.8 Å². The normalized spacial score (nSPS) is 11.2. The molecule has 0 aliphatic heterocycles. The number of carbonyl (C=O) groups excluding carboxylic acids is 1. The van der Waals surface area contributed by atoms with Gasteiger partial charge in [0.25, 0.3) is 5.91 Å². The lowest BCUT2D eigenvalue weighted by molar-refractivity contribution is -0.124. The zero-order chi connectivity index (χ0) is 21.4. The lowest BCUT2D eigenvalue weighted by Crippen LogP contribution is -2.43. The molecule has 2 rings (SSSR count). The lowest BCUT2D eigenvalue weighted by atomic mass is 10.1. The molecule has 0 aliphatic rings. The van der Waals surface area contributed by atoms with Crippen molar-refractivity contribution < 1.29 is 14.3 Å². The Kier molecular flexibility index (Phi) is 8.24. The first-order valence-electron chi connectivity index (χ1n) is 9.54. The number of hydrogen-bond donors (Lipinski definition) is 2. The number of anilines is 1. The van der Waals surface area contributed by atoms with Crippen molar-refractivity contribution in [2.45, 2.75) is 59.2 Å². The van der Waals surface area contributed by atoms with Gasteiger partial charge in [0.1, 0.15) is 0 Å². The molecule has 2 aromatic rings. The second-order valence-corrected chi connectivity index (χ2v) is 8.43. The van der Waals surface area contributed by atoms with Crippen LogP contribution in [-0.4, -0.2) is 45.4 Å². The highest BCUT2D eigenvalue weighted by atomic mass is 79.9. The number of halogens is 1. The molecule has 0 saturated carbocycles. The van der Waals surface area contributed by atoms with Crippen LogP contribution in [0.4, 0.5) is 5.95 Å². The van der Waals surface area contributed by atoms with E-state index in [1.54, 1.807) is 17.9 Å². The molecule has 0 fully saturated rings. The topological polar surface area (TPSA) is 103 Å². The average Bonchev–Trinajstić information content (AvgIpc) is 3.09. The number of nitrogens with one attached hydrogen (secondary N) is 2. The van der Waals surface area contributed by atoms with Crippen LogP contribution in [0.25, 0.3) is 0 Å². The molecule has 29 heavy (non-hydrogen) atoms. The predicted octanol–water partition coefficient (Wildman–Crippen LogP) is 3.15. The van der Waals surface area contributed by atoms with Gasteiger partial charge >= 0.3 is 0 Å². The van der Waals surface area contributed by atoms with Crippen LogP contribution in [0.3, 0.4) is 0 Å². The maximum Gasteiger partial charge on any atom is 0.258 e. The molecule has 0 aliphatic carbocycles. The van der Waals surface area contributed by atoms with Gasteiger partial charge in [0.15, 0.2) is 18.1 Å². The number of amides is 1. The van der Waals surface area contributed by atoms with Crippen LogP contribution in [0, 0.1) is 0 Å². The molecule has 0 spiro atoms. The van der Waals surface area contributed by atoms with Crippen LogP contribution < -0.4 is 20.1 Å². The van der Waals surface area contributed by atoms with Crippen LogP contribution in [0.2, 0.25) is 0 Å². The quantitative estimate of drug-likeness (QED) is 0.551. The number of methoxy groups -OCH3 is 1. The largest absolute Gasteiger partial charge is 0.493 e. The van der Waals surface area contributed by atoms with Gasteiger partial charge in [0.05, 0.1) is 7.11 Å². The minimum atomic E-state index is -0.332. The summed E-state index contributed by atoms with van der Waals surface area (Å²) in [6, 6.07) is 3.66. The van der Waals surface area contributed by atoms with E-state index in [-0.39, 0.29) is 18.1 Å². The molecule has 0 bridgehead atoms. The Balaban J connectivity index is 2.16. The molecule has 0 radical (unpaired) electrons. The molecular formula is C19H29BrN6O3. The van der Waals surface area contributed by atoms with Crippen LogP contribution in [0.15, 0.2) is 16.6 Å². The van der Waals surface area contributed by atoms with Gasteiger partial charge in [-0.3, -0.25) is 4.79 Å². The summed E-state index contributed by atoms with van der Waals surface area (Å²) in [5.41, 5.74) is 0.472. The Morgan fingerprint density at radius 1 is 1.31 bits per heavy atom. The summed E-state index contributed by atoms with van der Waals surface area (Å²) in [6.45, 7) is 8.88. The Morgan fingerprint density at radius 2 is 2.07 bits per heavy atom. The summed E-state index contributed by atoms with van der Waals surface area (Å²) in [5.74, 6) is 1.40. The second kappa shape index (κ2) is 10.4. The number of hydrogen-bond acceptors (Lipinski definition) is 7. The van der Waals surface area contributed by atoms with Crippen molar-refractivity contribution in [3.8, 4) is 11.5 Å². The van der Waals surface area contributed by atoms with Gasteiger partial charge in [-0.15, -0.1) is 0 Å². The Labute approximate surface area is 179 Å². The Bertz CT molecular complexity index is 819. The van der Waals surface area contributed by atoms with Crippen LogP contribution in [-0.2, 0) is 17.9 Å². The van der Waals surface area contributed by atoms with E-state index < -0.39 is 0 Å². The lowest BCUT2D eigenvalue weighted by Gasteiger charge is -2.21. The molecule has 0 saturated heterocycles. The third-order valence-corrected chi connectivity index (χ3v) is 4.67. The zero-order valence-electron chi connectivity index (χ0n) is 17.6. The molecule has 0 unspecified atom stereocenters. The zero-order valence-corrected chi connectivity index (χ0v) is 19.2. The molecule has 160 valence electrons. The summed E-state index contributed by atoms with van der Waals surface area (Å²) in [4.78, 5) is 12.2. The predicted molar refractivity (Wildman–Crippen MR) is 114 cm³/mol. The third-order valence-electron chi connectivity index (χ3n) is 3.93. The van der Waals surface area contributed by atoms with Gasteiger partial charge in [0.2, 0.25) is 5.95 Å². The van der Waals surface area contributed by atoms with Crippen molar-refractivity contribution in [3.63, 3.8) is 0 Å². The van der Waals surface area contributed by atoms with Gasteiger partial charge in [0, 0.05) is 28.7 Å². The molecule has 1 aromatic carbocycles. The summed E-state index contributed by atoms with van der Waals surface area (Å²) in [5, 5.41) is 17.9. The van der Waals surface area contributed by atoms with Crippen molar-refractivity contribution >= 4 is 27.8 Å². The summed E-state index contributed by atoms with van der Waals surface area (Å²) < 4.78 is 13.8. The second-order valence-electron chi connectivity index (χ2n) is 7.58. The number of carbonyl (C=O) groups is 1. The van der Waals surface area contributed by atoms with E-state index in [1.165, 1.54) is 0 Å². The van der Waals surface area contributed by atoms with Crippen molar-refractivity contribution in [1.29, 1.82) is 0 Å². The molecule has 9 nitrogen and oxygen atoms in total. The van der Waals surface area contributed by atoms with Crippen LogP contribution in [0.1, 0.15) is 46.1 Å². The summed E-state index contributed by atoms with van der Waals surface area (Å²) in [6.07, 6.45) is 2.04. The van der Waals surface area contributed by atoms with Gasteiger partial charge in [-0.25, -0.2) is 4.68 Å². The minimum Gasteiger partial charge on any atom is -0.493 e. The molecule has 0 atom stereocenters. The van der Waals surface area contributed by atoms with Gasteiger partial charge < -0.3 is 20.1 Å². The summed E-state index contributed by atoms with van der Waals surface area (Å²) in [7, 11) is 1.56. The van der Waals surface area contributed by atoms with Crippen molar-refractivity contribution in [3.05, 3.63) is 22.2 Å². The van der Waals surface area contributed by atoms with Crippen molar-refractivity contribution in [2.24, 2.45) is 0 Å². The van der Waals surface area contributed by atoms with E-state index in [0.29, 0.717) is 24.0 Å². The number of ether oxygens (including phenoxy) is 2. The summed E-state index contributed by atoms with van der Waals surface area (Å²) >= 11 is 3.56. The molecule has 1 amide bonds. The maximum absolute atomic E-state index is 12.2. The highest BCUT2D eigenvalue weighted by Crippen LogP contribution is 2.36. The SMILES string of the molecule is CCCCn1nnnc1NCc1c(Br)ccc(OC)c1OCC(=O)NC(C)(C)C. The van der Waals surface area contributed by atoms with Crippen molar-refractivity contribution in [2.75, 3.05) is 19.0 Å². The molecule has 1 aromatic heterocycles. The number of aromatic nitrogens is 4. The number of aryl methyl sites for hydroxylation is 1. The number of rotatable bonds is 10.